The molecule has 59 heavy (non-hydrogen) atoms. The van der Waals surface area contributed by atoms with Crippen molar-refractivity contribution in [3.8, 4) is 11.5 Å². The predicted molar refractivity (Wildman–Crippen MR) is 213 cm³/mol. The Kier molecular flexibility index (Phi) is 11.1. The molecule has 2 atom stereocenters. The van der Waals surface area contributed by atoms with Crippen molar-refractivity contribution in [1.29, 1.82) is 0 Å². The van der Waals surface area contributed by atoms with E-state index in [-0.39, 0.29) is 69.9 Å². The molecule has 17 nitrogen and oxygen atoms in total. The topological polar surface area (TPSA) is 255 Å². The Hall–Kier alpha value is -6.76. The van der Waals surface area contributed by atoms with Crippen LogP contribution in [0.25, 0.3) is 0 Å². The Morgan fingerprint density at radius 1 is 0.712 bits per heavy atom. The van der Waals surface area contributed by atoms with E-state index in [1.807, 2.05) is 0 Å². The number of amides is 2. The molecule has 1 spiro atoms. The van der Waals surface area contributed by atoms with Crippen LogP contribution in [0.4, 0.5) is 22.7 Å². The molecule has 0 radical (unpaired) electrons. The monoisotopic (exact) mass is 822 g/mol. The van der Waals surface area contributed by atoms with Gasteiger partial charge in [0.1, 0.15) is 23.6 Å². The van der Waals surface area contributed by atoms with Crippen molar-refractivity contribution >= 4 is 52.1 Å². The quantitative estimate of drug-likeness (QED) is 0.0552. The zero-order valence-corrected chi connectivity index (χ0v) is 31.7. The normalized spacial score (nSPS) is 15.8. The van der Waals surface area contributed by atoms with Crippen LogP contribution in [-0.2, 0) is 38.9 Å². The van der Waals surface area contributed by atoms with Gasteiger partial charge >= 0.3 is 5.97 Å². The summed E-state index contributed by atoms with van der Waals surface area (Å²) in [4.78, 5) is 66.3. The summed E-state index contributed by atoms with van der Waals surface area (Å²) in [6.45, 7) is -2.13. The van der Waals surface area contributed by atoms with E-state index in [0.717, 1.165) is 9.80 Å². The van der Waals surface area contributed by atoms with Crippen LogP contribution in [0, 0.1) is 20.2 Å². The summed E-state index contributed by atoms with van der Waals surface area (Å²) in [5.41, 5.74) is 12.4. The molecule has 2 aliphatic rings. The molecule has 2 unspecified atom stereocenters. The van der Waals surface area contributed by atoms with Gasteiger partial charge in [-0.15, -0.1) is 11.6 Å². The first kappa shape index (κ1) is 40.4. The van der Waals surface area contributed by atoms with E-state index in [0.29, 0.717) is 22.3 Å². The van der Waals surface area contributed by atoms with Crippen molar-refractivity contribution in [2.75, 3.05) is 23.0 Å². The minimum Gasteiger partial charge on any atom is -0.456 e. The number of para-hydroxylation sites is 2. The zero-order chi connectivity index (χ0) is 42.2. The van der Waals surface area contributed by atoms with E-state index in [1.54, 1.807) is 42.5 Å². The number of hydrogen-bond acceptors (Lipinski definition) is 13. The number of nitro benzene ring substituents is 2. The molecule has 5 aromatic rings. The largest absolute Gasteiger partial charge is 0.456 e. The summed E-state index contributed by atoms with van der Waals surface area (Å²) in [6, 6.07) is 23.0. The summed E-state index contributed by atoms with van der Waals surface area (Å²) >= 11 is 6.27. The molecular weight excluding hydrogens is 788 g/mol. The van der Waals surface area contributed by atoms with Crippen molar-refractivity contribution in [2.45, 2.75) is 36.7 Å². The third-order valence-electron chi connectivity index (χ3n) is 10.2. The number of nitrogens with two attached hydrogens (primary N) is 2. The number of alkyl halides is 1. The van der Waals surface area contributed by atoms with Gasteiger partial charge in [0.25, 0.3) is 11.4 Å². The van der Waals surface area contributed by atoms with Gasteiger partial charge in [-0.2, -0.15) is 0 Å². The lowest BCUT2D eigenvalue weighted by Gasteiger charge is -2.38. The van der Waals surface area contributed by atoms with E-state index in [4.69, 9.17) is 32.5 Å². The fourth-order valence-electron chi connectivity index (χ4n) is 7.30. The number of nitro groups is 2. The molecule has 7 rings (SSSR count). The second kappa shape index (κ2) is 16.2. The predicted octanol–water partition coefficient (Wildman–Crippen LogP) is 4.52. The molecule has 6 N–H and O–H groups in total. The number of carbonyl (C=O) groups excluding carboxylic acids is 3. The van der Waals surface area contributed by atoms with Crippen molar-refractivity contribution in [2.24, 2.45) is 11.5 Å². The highest BCUT2D eigenvalue weighted by atomic mass is 35.5. The lowest BCUT2D eigenvalue weighted by molar-refractivity contribution is -0.385. The number of hydrogen-bond donors (Lipinski definition) is 4. The van der Waals surface area contributed by atoms with Gasteiger partial charge in [-0.25, -0.2) is 4.79 Å². The molecule has 2 amide bonds. The number of nitrogens with zero attached hydrogens (tertiary/aromatic N) is 4. The van der Waals surface area contributed by atoms with Gasteiger partial charge in [0, 0.05) is 69.3 Å². The Morgan fingerprint density at radius 3 is 1.63 bits per heavy atom. The molecular formula is C41H35ClN6O11. The smallest absolute Gasteiger partial charge is 0.340 e. The van der Waals surface area contributed by atoms with E-state index in [9.17, 15) is 44.8 Å². The van der Waals surface area contributed by atoms with E-state index in [1.165, 1.54) is 60.7 Å². The third kappa shape index (κ3) is 7.21. The van der Waals surface area contributed by atoms with Gasteiger partial charge in [-0.1, -0.05) is 42.5 Å². The minimum atomic E-state index is -1.68. The molecule has 0 saturated carbocycles. The zero-order valence-electron chi connectivity index (χ0n) is 30.9. The summed E-state index contributed by atoms with van der Waals surface area (Å²) < 4.78 is 12.9. The fourth-order valence-corrected chi connectivity index (χ4v) is 7.47. The second-order valence-corrected chi connectivity index (χ2v) is 14.0. The number of fused-ring (bicyclic) bond motifs is 6. The molecule has 0 fully saturated rings. The van der Waals surface area contributed by atoms with Gasteiger partial charge in [-0.05, 0) is 42.0 Å². The maximum absolute atomic E-state index is 13.8. The summed E-state index contributed by atoms with van der Waals surface area (Å²) in [6.07, 6.45) is 0. The number of ether oxygens (including phenoxy) is 2. The maximum atomic E-state index is 13.8. The molecule has 0 bridgehead atoms. The van der Waals surface area contributed by atoms with Crippen molar-refractivity contribution in [3.05, 3.63) is 162 Å². The number of anilines is 2. The van der Waals surface area contributed by atoms with Crippen molar-refractivity contribution in [1.82, 2.24) is 0 Å². The van der Waals surface area contributed by atoms with Crippen LogP contribution < -0.4 is 26.0 Å². The maximum Gasteiger partial charge on any atom is 0.340 e. The summed E-state index contributed by atoms with van der Waals surface area (Å²) in [5.74, 6) is -2.00. The molecule has 0 aromatic heterocycles. The Balaban J connectivity index is 1.42. The molecule has 5 aromatic carbocycles. The van der Waals surface area contributed by atoms with Crippen LogP contribution in [0.1, 0.15) is 43.7 Å². The first-order valence-electron chi connectivity index (χ1n) is 18.0. The number of benzene rings is 5. The van der Waals surface area contributed by atoms with Crippen molar-refractivity contribution < 1.29 is 43.9 Å². The number of aliphatic hydroxyl groups excluding tert-OH is 2. The average molecular weight is 823 g/mol. The first-order chi connectivity index (χ1) is 28.3. The lowest BCUT2D eigenvalue weighted by Crippen LogP contribution is -2.46. The number of rotatable bonds is 13. The average Bonchev–Trinajstić information content (AvgIpc) is 3.54. The number of carbonyl (C=O) groups is 3. The fraction of sp³-hybridized carbons (Fsp3) is 0.195. The Labute approximate surface area is 340 Å². The second-order valence-electron chi connectivity index (χ2n) is 13.7. The van der Waals surface area contributed by atoms with E-state index >= 15 is 0 Å². The highest BCUT2D eigenvalue weighted by Gasteiger charge is 2.54. The first-order valence-corrected chi connectivity index (χ1v) is 18.6. The van der Waals surface area contributed by atoms with Gasteiger partial charge in [-0.3, -0.25) is 29.8 Å². The van der Waals surface area contributed by atoms with Crippen LogP contribution >= 0.6 is 11.6 Å². The standard InChI is InChI=1S/C41H35ClN6O11/c42-18-23-9-12-28-31(15-23)41(59-40(28)53)29-13-10-26(45(38(51)32(43)21-49)19-24-5-1-3-7-34(24)47(54)55)16-36(29)58-37-17-27(11-14-30(37)41)46(39(52)33(44)22-50)20-25-6-2-4-8-35(25)48(56)57/h1-17,32-33,49-50H,18-22,43-44H2. The molecule has 2 heterocycles. The van der Waals surface area contributed by atoms with Crippen LogP contribution in [0.3, 0.4) is 0 Å². The van der Waals surface area contributed by atoms with Gasteiger partial charge in [0.05, 0.1) is 41.7 Å². The highest BCUT2D eigenvalue weighted by molar-refractivity contribution is 6.17. The van der Waals surface area contributed by atoms with Gasteiger partial charge < -0.3 is 41.0 Å². The van der Waals surface area contributed by atoms with Crippen LogP contribution in [-0.4, -0.2) is 63.1 Å². The number of aliphatic hydroxyl groups is 2. The summed E-state index contributed by atoms with van der Waals surface area (Å²) in [7, 11) is 0. The number of esters is 1. The highest BCUT2D eigenvalue weighted by Crippen LogP contribution is 2.57. The lowest BCUT2D eigenvalue weighted by atomic mass is 9.77. The summed E-state index contributed by atoms with van der Waals surface area (Å²) in [5, 5.41) is 43.6. The molecule has 2 aliphatic heterocycles. The molecule has 302 valence electrons. The van der Waals surface area contributed by atoms with Gasteiger partial charge in [0.2, 0.25) is 11.8 Å². The van der Waals surface area contributed by atoms with Gasteiger partial charge in [0.15, 0.2) is 5.60 Å². The third-order valence-corrected chi connectivity index (χ3v) is 10.5. The number of halogens is 1. The Bertz CT molecular complexity index is 2400. The van der Waals surface area contributed by atoms with Crippen molar-refractivity contribution in [3.63, 3.8) is 0 Å². The van der Waals surface area contributed by atoms with E-state index in [2.05, 4.69) is 0 Å². The molecule has 0 aliphatic carbocycles. The molecule has 0 saturated heterocycles. The minimum absolute atomic E-state index is 0.0608. The van der Waals surface area contributed by atoms with Crippen LogP contribution in [0.2, 0.25) is 0 Å². The van der Waals surface area contributed by atoms with Crippen LogP contribution in [0.15, 0.2) is 103 Å². The SMILES string of the molecule is NC(CO)C(=O)N(Cc1ccccc1[N+](=O)[O-])c1ccc2c(c1)Oc1cc(N(Cc3ccccc3[N+](=O)[O-])C(=O)C(N)CO)ccc1C21OC(=O)c2ccc(CCl)cc21. The Morgan fingerprint density at radius 2 is 1.19 bits per heavy atom. The van der Waals surface area contributed by atoms with E-state index < -0.39 is 58.5 Å². The van der Waals surface area contributed by atoms with Crippen LogP contribution in [0.5, 0.6) is 11.5 Å². The molecule has 18 heteroatoms.